The molecular formula is C44H88N2O8Si. The first-order chi connectivity index (χ1) is 26.6. The number of nitrogens with one attached hydrogen (secondary N) is 2. The van der Waals surface area contributed by atoms with Crippen LogP contribution >= 0.6 is 0 Å². The quantitative estimate of drug-likeness (QED) is 0.0261. The molecule has 3 fully saturated rings. The van der Waals surface area contributed by atoms with Crippen LogP contribution in [-0.2, 0) is 9.47 Å². The summed E-state index contributed by atoms with van der Waals surface area (Å²) in [7, 11) is -0.830. The lowest BCUT2D eigenvalue weighted by Gasteiger charge is -2.40. The van der Waals surface area contributed by atoms with Crippen LogP contribution in [0.15, 0.2) is 0 Å². The topological polar surface area (TPSA) is 164 Å². The van der Waals surface area contributed by atoms with Crippen molar-refractivity contribution < 1.29 is 40.1 Å². The highest BCUT2D eigenvalue weighted by Gasteiger charge is 2.45. The van der Waals surface area contributed by atoms with Crippen molar-refractivity contribution in [2.24, 2.45) is 11.8 Å². The van der Waals surface area contributed by atoms with E-state index in [2.05, 4.69) is 30.9 Å². The van der Waals surface area contributed by atoms with Gasteiger partial charge in [0.1, 0.15) is 24.4 Å². The fourth-order valence-corrected chi connectivity index (χ4v) is 11.9. The van der Waals surface area contributed by atoms with Gasteiger partial charge in [0.15, 0.2) is 6.29 Å². The first-order valence-electron chi connectivity index (χ1n) is 23.4. The molecule has 0 spiro atoms. The smallest absolute Gasteiger partial charge is 0.186 e. The van der Waals surface area contributed by atoms with Crippen molar-refractivity contribution in [3.8, 4) is 0 Å². The Morgan fingerprint density at radius 1 is 0.673 bits per heavy atom. The number of hydrogen-bond donors (Lipinski definition) is 8. The van der Waals surface area contributed by atoms with Crippen molar-refractivity contribution in [3.63, 3.8) is 0 Å². The van der Waals surface area contributed by atoms with Gasteiger partial charge in [-0.05, 0) is 25.2 Å². The summed E-state index contributed by atoms with van der Waals surface area (Å²) < 4.78 is 11.5. The summed E-state index contributed by atoms with van der Waals surface area (Å²) in [6.45, 7) is 6.80. The molecule has 3 aliphatic heterocycles. The lowest BCUT2D eigenvalue weighted by molar-refractivity contribution is -0.305. The highest BCUT2D eigenvalue weighted by Crippen LogP contribution is 2.35. The minimum Gasteiger partial charge on any atom is -0.394 e. The lowest BCUT2D eigenvalue weighted by Crippen LogP contribution is -2.59. The molecule has 3 rings (SSSR count). The molecule has 3 aliphatic rings. The molecule has 55 heavy (non-hydrogen) atoms. The van der Waals surface area contributed by atoms with Crippen LogP contribution < -0.4 is 10.9 Å². The lowest BCUT2D eigenvalue weighted by atomic mass is 9.86. The summed E-state index contributed by atoms with van der Waals surface area (Å²) in [5.74, 6) is 0.491. The Hall–Kier alpha value is -0.183. The van der Waals surface area contributed by atoms with Gasteiger partial charge < -0.3 is 40.1 Å². The van der Waals surface area contributed by atoms with Crippen LogP contribution in [0.25, 0.3) is 0 Å². The SMILES string of the molecule is CCCCCCCCCCCCCC[C@@H](O)[C@@H](O)[C@H](COC1OC(CO)C(O)C(O)C1O)C1CC(CCCCCCCCCCC2CC[Si](C)(C)CC2)NN1. The maximum atomic E-state index is 11.5. The van der Waals surface area contributed by atoms with E-state index >= 15 is 0 Å². The van der Waals surface area contributed by atoms with Gasteiger partial charge in [-0.1, -0.05) is 180 Å². The zero-order chi connectivity index (χ0) is 39.9. The molecule has 0 aromatic carbocycles. The van der Waals surface area contributed by atoms with Gasteiger partial charge in [-0.25, -0.2) is 0 Å². The molecule has 8 N–H and O–H groups in total. The summed E-state index contributed by atoms with van der Waals surface area (Å²) in [4.78, 5) is 0. The van der Waals surface area contributed by atoms with E-state index in [0.717, 1.165) is 44.4 Å². The number of ether oxygens (including phenoxy) is 2. The van der Waals surface area contributed by atoms with E-state index in [9.17, 15) is 30.6 Å². The van der Waals surface area contributed by atoms with Crippen LogP contribution in [0.2, 0.25) is 25.2 Å². The highest BCUT2D eigenvalue weighted by molar-refractivity contribution is 6.77. The van der Waals surface area contributed by atoms with Crippen molar-refractivity contribution in [1.29, 1.82) is 0 Å². The number of aliphatic hydroxyl groups is 6. The molecule has 0 aromatic rings. The van der Waals surface area contributed by atoms with E-state index in [-0.39, 0.29) is 18.7 Å². The van der Waals surface area contributed by atoms with E-state index in [0.29, 0.717) is 6.42 Å². The van der Waals surface area contributed by atoms with Gasteiger partial charge in [0, 0.05) is 26.1 Å². The fourth-order valence-electron chi connectivity index (χ4n) is 9.27. The molecule has 0 aromatic heterocycles. The molecular weight excluding hydrogens is 713 g/mol. The second kappa shape index (κ2) is 28.3. The van der Waals surface area contributed by atoms with Gasteiger partial charge in [0.25, 0.3) is 0 Å². The van der Waals surface area contributed by atoms with Crippen LogP contribution in [0.4, 0.5) is 0 Å². The predicted octanol–water partition coefficient (Wildman–Crippen LogP) is 7.49. The second-order valence-electron chi connectivity index (χ2n) is 18.8. The third-order valence-electron chi connectivity index (χ3n) is 13.4. The predicted molar refractivity (Wildman–Crippen MR) is 225 cm³/mol. The molecule has 0 saturated carbocycles. The minimum atomic E-state index is -1.54. The molecule has 0 amide bonds. The molecule has 0 aliphatic carbocycles. The molecule has 11 heteroatoms. The van der Waals surface area contributed by atoms with Crippen molar-refractivity contribution in [1.82, 2.24) is 10.9 Å². The van der Waals surface area contributed by atoms with Crippen molar-refractivity contribution in [3.05, 3.63) is 0 Å². The van der Waals surface area contributed by atoms with Gasteiger partial charge in [-0.3, -0.25) is 10.9 Å². The van der Waals surface area contributed by atoms with E-state index in [4.69, 9.17) is 9.47 Å². The van der Waals surface area contributed by atoms with Crippen molar-refractivity contribution in [2.75, 3.05) is 13.2 Å². The Bertz CT molecular complexity index is 939. The molecule has 326 valence electrons. The third-order valence-corrected chi connectivity index (χ3v) is 16.7. The number of rotatable bonds is 31. The van der Waals surface area contributed by atoms with Gasteiger partial charge in [-0.2, -0.15) is 0 Å². The van der Waals surface area contributed by atoms with Crippen molar-refractivity contribution in [2.45, 2.75) is 254 Å². The Kier molecular flexibility index (Phi) is 25.3. The fraction of sp³-hybridized carbons (Fsp3) is 1.00. The van der Waals surface area contributed by atoms with Gasteiger partial charge in [0.2, 0.25) is 0 Å². The molecule has 7 unspecified atom stereocenters. The zero-order valence-corrected chi connectivity index (χ0v) is 36.6. The van der Waals surface area contributed by atoms with Gasteiger partial charge >= 0.3 is 0 Å². The van der Waals surface area contributed by atoms with E-state index in [1.807, 2.05) is 0 Å². The molecule has 10 atom stereocenters. The van der Waals surface area contributed by atoms with E-state index in [1.165, 1.54) is 134 Å². The summed E-state index contributed by atoms with van der Waals surface area (Å²) in [5.41, 5.74) is 6.79. The third kappa shape index (κ3) is 19.2. The van der Waals surface area contributed by atoms with Crippen molar-refractivity contribution >= 4 is 8.07 Å². The van der Waals surface area contributed by atoms with E-state index < -0.39 is 63.5 Å². The van der Waals surface area contributed by atoms with Crippen LogP contribution in [0, 0.1) is 11.8 Å². The average molecular weight is 801 g/mol. The first-order valence-corrected chi connectivity index (χ1v) is 26.8. The first kappa shape index (κ1) is 49.2. The number of hydrogen-bond acceptors (Lipinski definition) is 10. The summed E-state index contributed by atoms with van der Waals surface area (Å²) >= 11 is 0. The van der Waals surface area contributed by atoms with Crippen LogP contribution in [0.1, 0.15) is 174 Å². The minimum absolute atomic E-state index is 0.0359. The van der Waals surface area contributed by atoms with Crippen LogP contribution in [0.3, 0.4) is 0 Å². The Labute approximate surface area is 337 Å². The summed E-state index contributed by atoms with van der Waals surface area (Å²) in [6, 6.07) is 3.14. The van der Waals surface area contributed by atoms with E-state index in [1.54, 1.807) is 0 Å². The van der Waals surface area contributed by atoms with Crippen LogP contribution in [-0.4, -0.2) is 107 Å². The molecule has 3 saturated heterocycles. The maximum absolute atomic E-state index is 11.5. The zero-order valence-electron chi connectivity index (χ0n) is 35.6. The average Bonchev–Trinajstić information content (AvgIpc) is 3.64. The standard InChI is InChI=1S/C44H88N2O8Si/c1-4-5-6-7-8-9-10-11-12-17-20-23-26-38(48)40(49)36(33-53-44-43(52)42(51)41(50)39(32-47)54-44)37-31-35(45-46-37)25-22-19-16-14-13-15-18-21-24-34-27-29-55(2,3)30-28-34/h34-52H,4-33H2,1-3H3/t35?,36-,37?,38-,39?,40+,41?,42?,43?,44?/m1/s1. The number of aliphatic hydroxyl groups excluding tert-OH is 6. The maximum Gasteiger partial charge on any atom is 0.186 e. The van der Waals surface area contributed by atoms with Crippen LogP contribution in [0.5, 0.6) is 0 Å². The normalized spacial score (nSPS) is 29.1. The molecule has 3 heterocycles. The largest absolute Gasteiger partial charge is 0.394 e. The Morgan fingerprint density at radius 2 is 1.20 bits per heavy atom. The monoisotopic (exact) mass is 801 g/mol. The Balaban J connectivity index is 1.35. The summed E-state index contributed by atoms with van der Waals surface area (Å²) in [5, 5.41) is 63.3. The Morgan fingerprint density at radius 3 is 1.76 bits per heavy atom. The number of hydrazine groups is 1. The van der Waals surface area contributed by atoms with Gasteiger partial charge in [-0.15, -0.1) is 0 Å². The number of unbranched alkanes of at least 4 members (excludes halogenated alkanes) is 18. The summed E-state index contributed by atoms with van der Waals surface area (Å²) in [6.07, 6.45) is 23.1. The molecule has 0 radical (unpaired) electrons. The second-order valence-corrected chi connectivity index (χ2v) is 24.1. The molecule has 10 nitrogen and oxygen atoms in total. The van der Waals surface area contributed by atoms with Gasteiger partial charge in [0.05, 0.1) is 25.4 Å². The molecule has 0 bridgehead atoms. The highest BCUT2D eigenvalue weighted by atomic mass is 28.3.